The predicted octanol–water partition coefficient (Wildman–Crippen LogP) is 4.26. The van der Waals surface area contributed by atoms with Crippen LogP contribution in [0.3, 0.4) is 0 Å². The van der Waals surface area contributed by atoms with E-state index in [9.17, 15) is 14.4 Å². The molecule has 50 heavy (non-hydrogen) atoms. The molecule has 7 rings (SSSR count). The van der Waals surface area contributed by atoms with Crippen LogP contribution >= 0.6 is 0 Å². The van der Waals surface area contributed by atoms with Crippen LogP contribution in [0.4, 0.5) is 14.9 Å². The molecule has 3 aliphatic rings. The lowest BCUT2D eigenvalue weighted by Crippen LogP contribution is -2.50. The van der Waals surface area contributed by atoms with Crippen LogP contribution in [0.5, 0.6) is 11.5 Å². The fourth-order valence-electron chi connectivity index (χ4n) is 7.00. The van der Waals surface area contributed by atoms with Gasteiger partial charge in [0.05, 0.1) is 36.9 Å². The van der Waals surface area contributed by atoms with Crippen LogP contribution < -0.4 is 20.4 Å². The molecule has 1 atom stereocenters. The Morgan fingerprint density at radius 1 is 1.04 bits per heavy atom. The number of aliphatic hydroxyl groups is 1. The van der Waals surface area contributed by atoms with E-state index in [0.717, 1.165) is 10.8 Å². The highest BCUT2D eigenvalue weighted by atomic mass is 19.1. The average Bonchev–Trinajstić information content (AvgIpc) is 3.53. The number of piperazine rings is 1. The third kappa shape index (κ3) is 6.60. The number of carbonyl (C=O) groups excluding carboxylic acids is 2. The maximum Gasteiger partial charge on any atom is 0.407 e. The number of benzene rings is 3. The van der Waals surface area contributed by atoms with E-state index in [-0.39, 0.29) is 41.6 Å². The van der Waals surface area contributed by atoms with Crippen LogP contribution in [-0.4, -0.2) is 109 Å². The van der Waals surface area contributed by atoms with Gasteiger partial charge in [0.15, 0.2) is 17.3 Å². The zero-order valence-corrected chi connectivity index (χ0v) is 28.5. The predicted molar refractivity (Wildman–Crippen MR) is 187 cm³/mol. The van der Waals surface area contributed by atoms with E-state index in [1.54, 1.807) is 36.4 Å². The largest absolute Gasteiger partial charge is 0.451 e. The molecule has 2 saturated heterocycles. The molecule has 0 bridgehead atoms. The molecular formula is C37H42FN5O7. The van der Waals surface area contributed by atoms with Gasteiger partial charge < -0.3 is 39.0 Å². The summed E-state index contributed by atoms with van der Waals surface area (Å²) in [6, 6.07) is 12.5. The number of halogens is 1. The monoisotopic (exact) mass is 687 g/mol. The molecular weight excluding hydrogens is 645 g/mol. The second-order valence-corrected chi connectivity index (χ2v) is 14.0. The minimum absolute atomic E-state index is 0.0306. The van der Waals surface area contributed by atoms with Gasteiger partial charge in [-0.15, -0.1) is 0 Å². The minimum Gasteiger partial charge on any atom is -0.451 e. The smallest absolute Gasteiger partial charge is 0.407 e. The Balaban J connectivity index is 1.26. The van der Waals surface area contributed by atoms with E-state index in [2.05, 4.69) is 10.2 Å². The highest BCUT2D eigenvalue weighted by Gasteiger charge is 2.35. The number of hydrogen-bond donors (Lipinski definition) is 2. The summed E-state index contributed by atoms with van der Waals surface area (Å²) in [4.78, 5) is 46.3. The van der Waals surface area contributed by atoms with Crippen molar-refractivity contribution in [1.29, 1.82) is 0 Å². The van der Waals surface area contributed by atoms with Crippen molar-refractivity contribution in [1.82, 2.24) is 19.7 Å². The fourth-order valence-corrected chi connectivity index (χ4v) is 7.00. The number of alkyl carbamates (subject to hydrolysis) is 1. The number of rotatable bonds is 8. The lowest BCUT2D eigenvalue weighted by Gasteiger charge is -2.35. The molecule has 0 saturated carbocycles. The molecule has 3 aromatic carbocycles. The molecule has 1 aromatic heterocycles. The third-order valence-corrected chi connectivity index (χ3v) is 9.37. The van der Waals surface area contributed by atoms with Gasteiger partial charge in [0.2, 0.25) is 5.43 Å². The van der Waals surface area contributed by atoms with E-state index in [4.69, 9.17) is 19.3 Å². The Kier molecular flexibility index (Phi) is 9.14. The molecule has 2 amide bonds. The number of aromatic nitrogens is 1. The molecule has 4 aromatic rings. The summed E-state index contributed by atoms with van der Waals surface area (Å²) in [5.41, 5.74) is -0.0631. The quantitative estimate of drug-likeness (QED) is 0.230. The number of pyridine rings is 1. The lowest BCUT2D eigenvalue weighted by atomic mass is 10.0. The van der Waals surface area contributed by atoms with Crippen molar-refractivity contribution in [3.63, 3.8) is 0 Å². The van der Waals surface area contributed by atoms with Crippen LogP contribution in [0.15, 0.2) is 53.5 Å². The molecule has 0 aliphatic carbocycles. The highest BCUT2D eigenvalue weighted by Crippen LogP contribution is 2.48. The van der Waals surface area contributed by atoms with Crippen LogP contribution in [0.25, 0.3) is 27.4 Å². The normalized spacial score (nSPS) is 17.6. The highest BCUT2D eigenvalue weighted by molar-refractivity contribution is 6.02. The van der Waals surface area contributed by atoms with E-state index in [1.807, 2.05) is 41.3 Å². The first-order valence-electron chi connectivity index (χ1n) is 17.1. The Morgan fingerprint density at radius 2 is 1.78 bits per heavy atom. The summed E-state index contributed by atoms with van der Waals surface area (Å²) in [7, 11) is 0. The van der Waals surface area contributed by atoms with Gasteiger partial charge >= 0.3 is 6.09 Å². The number of nitrogens with zero attached hydrogens (tertiary/aromatic N) is 4. The van der Waals surface area contributed by atoms with Gasteiger partial charge in [-0.25, -0.2) is 9.18 Å². The van der Waals surface area contributed by atoms with E-state index < -0.39 is 28.8 Å². The van der Waals surface area contributed by atoms with Gasteiger partial charge in [0.1, 0.15) is 22.4 Å². The number of amides is 2. The number of nitrogens with one attached hydrogen (secondary N) is 1. The van der Waals surface area contributed by atoms with Crippen molar-refractivity contribution in [2.75, 3.05) is 70.5 Å². The summed E-state index contributed by atoms with van der Waals surface area (Å²) in [6.07, 6.45) is 1.59. The number of carbonyl (C=O) groups is 2. The molecule has 13 heteroatoms. The molecule has 2 N–H and O–H groups in total. The summed E-state index contributed by atoms with van der Waals surface area (Å²) < 4.78 is 35.5. The number of ether oxygens (including phenoxy) is 3. The van der Waals surface area contributed by atoms with E-state index >= 15 is 4.39 Å². The first kappa shape index (κ1) is 33.8. The van der Waals surface area contributed by atoms with Crippen molar-refractivity contribution >= 4 is 39.4 Å². The first-order valence-corrected chi connectivity index (χ1v) is 17.1. The average molecular weight is 688 g/mol. The fraction of sp³-hybridized carbons (Fsp3) is 0.432. The summed E-state index contributed by atoms with van der Waals surface area (Å²) in [6.45, 7) is 9.59. The van der Waals surface area contributed by atoms with Gasteiger partial charge in [-0.1, -0.05) is 24.3 Å². The molecule has 0 radical (unpaired) electrons. The summed E-state index contributed by atoms with van der Waals surface area (Å²) in [5.74, 6) is -0.410. The van der Waals surface area contributed by atoms with E-state index in [1.165, 1.54) is 6.07 Å². The second kappa shape index (κ2) is 13.5. The molecule has 3 aliphatic heterocycles. The molecule has 4 heterocycles. The Morgan fingerprint density at radius 3 is 2.50 bits per heavy atom. The number of hydrogen-bond acceptors (Lipinski definition) is 9. The summed E-state index contributed by atoms with van der Waals surface area (Å²) in [5, 5.41) is 13.7. The summed E-state index contributed by atoms with van der Waals surface area (Å²) >= 11 is 0. The van der Waals surface area contributed by atoms with Crippen LogP contribution in [0.1, 0.15) is 37.6 Å². The van der Waals surface area contributed by atoms with Crippen molar-refractivity contribution in [2.45, 2.75) is 38.8 Å². The SMILES string of the molecule is CC(C)(C)OC(=O)NC1CCN(c2c(F)cc3c(=O)c(C(=O)N4CCN(CCOCCO)CC4)cn4c3c2Oc2cc3ccccc3cc2-4)C1. The first-order chi connectivity index (χ1) is 24.0. The topological polar surface area (TPSA) is 126 Å². The van der Waals surface area contributed by atoms with Gasteiger partial charge in [-0.05, 0) is 56.2 Å². The Bertz CT molecular complexity index is 2020. The lowest BCUT2D eigenvalue weighted by molar-refractivity contribution is 0.0484. The van der Waals surface area contributed by atoms with Crippen LogP contribution in [0, 0.1) is 5.82 Å². The standard InChI is InChI=1S/C37H42FN5O7/c1-37(2,3)50-36(47)39-25-8-9-42(21-25)32-28(38)20-26-31-34(32)49-30-19-24-7-5-4-6-23(24)18-29(30)43(31)22-27(33(26)45)35(46)41-12-10-40(11-13-41)14-16-48-17-15-44/h4-7,18-20,22,25,44H,8-17,21H2,1-3H3,(H,39,47). The Hall–Kier alpha value is -4.72. The van der Waals surface area contributed by atoms with Gasteiger partial charge in [0, 0.05) is 52.0 Å². The van der Waals surface area contributed by atoms with Crippen molar-refractivity contribution < 1.29 is 33.3 Å². The van der Waals surface area contributed by atoms with Gasteiger partial charge in [0.25, 0.3) is 5.91 Å². The zero-order chi connectivity index (χ0) is 35.2. The molecule has 12 nitrogen and oxygen atoms in total. The molecule has 2 fully saturated rings. The maximum absolute atomic E-state index is 16.4. The number of fused-ring (bicyclic) bond motifs is 3. The van der Waals surface area contributed by atoms with Crippen molar-refractivity contribution in [3.8, 4) is 17.2 Å². The van der Waals surface area contributed by atoms with E-state index in [0.29, 0.717) is 75.8 Å². The molecule has 1 unspecified atom stereocenters. The zero-order valence-electron chi connectivity index (χ0n) is 28.5. The molecule has 264 valence electrons. The minimum atomic E-state index is -0.656. The Labute approximate surface area is 288 Å². The van der Waals surface area contributed by atoms with Crippen molar-refractivity contribution in [3.05, 3.63) is 70.3 Å². The van der Waals surface area contributed by atoms with Crippen LogP contribution in [-0.2, 0) is 9.47 Å². The maximum atomic E-state index is 16.4. The number of aliphatic hydroxyl groups excluding tert-OH is 1. The third-order valence-electron chi connectivity index (χ3n) is 9.37. The second-order valence-electron chi connectivity index (χ2n) is 14.0. The van der Waals surface area contributed by atoms with Crippen LogP contribution in [0.2, 0.25) is 0 Å². The van der Waals surface area contributed by atoms with Crippen molar-refractivity contribution in [2.24, 2.45) is 0 Å². The number of anilines is 1. The van der Waals surface area contributed by atoms with Gasteiger partial charge in [-0.3, -0.25) is 14.5 Å². The van der Waals surface area contributed by atoms with Gasteiger partial charge in [-0.2, -0.15) is 0 Å². The molecule has 0 spiro atoms.